The average molecular weight is 242 g/mol. The fourth-order valence-electron chi connectivity index (χ4n) is 1.70. The minimum absolute atomic E-state index is 0. The van der Waals surface area contributed by atoms with Crippen LogP contribution in [0, 0.1) is 0 Å². The van der Waals surface area contributed by atoms with Crippen LogP contribution in [0.25, 0.3) is 0 Å². The molecule has 2 heterocycles. The van der Waals surface area contributed by atoms with Gasteiger partial charge in [0.1, 0.15) is 0 Å². The highest BCUT2D eigenvalue weighted by Gasteiger charge is 2.38. The zero-order chi connectivity index (χ0) is 10.3. The van der Waals surface area contributed by atoms with Crippen molar-refractivity contribution in [1.82, 2.24) is 9.55 Å². The van der Waals surface area contributed by atoms with Crippen molar-refractivity contribution in [2.24, 2.45) is 5.73 Å². The lowest BCUT2D eigenvalue weighted by Crippen LogP contribution is -2.33. The summed E-state index contributed by atoms with van der Waals surface area (Å²) in [5.74, 6) is -0.831. The minimum atomic E-state index is -4.38. The predicted molar refractivity (Wildman–Crippen MR) is 50.8 cm³/mol. The Morgan fingerprint density at radius 3 is 2.73 bits per heavy atom. The van der Waals surface area contributed by atoms with E-state index in [-0.39, 0.29) is 25.0 Å². The number of fused-ring (bicyclic) bond motifs is 1. The Hall–Kier alpha value is -0.750. The number of aromatic nitrogens is 2. The zero-order valence-corrected chi connectivity index (χ0v) is 8.61. The lowest BCUT2D eigenvalue weighted by molar-refractivity contribution is -0.147. The molecule has 15 heavy (non-hydrogen) atoms. The van der Waals surface area contributed by atoms with Gasteiger partial charge in [-0.15, -0.1) is 12.4 Å². The molecule has 1 unspecified atom stereocenters. The number of rotatable bonds is 0. The summed E-state index contributed by atoms with van der Waals surface area (Å²) in [5.41, 5.74) is 6.23. The fraction of sp³-hybridized carbons (Fsp3) is 0.625. The highest BCUT2D eigenvalue weighted by Crippen LogP contribution is 2.30. The second kappa shape index (κ2) is 4.02. The van der Waals surface area contributed by atoms with Gasteiger partial charge in [0.2, 0.25) is 5.82 Å². The second-order valence-electron chi connectivity index (χ2n) is 3.48. The molecule has 0 bridgehead atoms. The van der Waals surface area contributed by atoms with Gasteiger partial charge >= 0.3 is 6.18 Å². The summed E-state index contributed by atoms with van der Waals surface area (Å²) in [6.45, 7) is 0.212. The Morgan fingerprint density at radius 1 is 1.47 bits per heavy atom. The van der Waals surface area contributed by atoms with E-state index in [1.54, 1.807) is 0 Å². The predicted octanol–water partition coefficient (Wildman–Crippen LogP) is 1.60. The molecule has 3 nitrogen and oxygen atoms in total. The molecule has 1 aromatic heterocycles. The standard InChI is InChI=1S/C8H10F3N3.ClH/c9-8(10,11)7-13-3-6-2-1-5(12)4-14(6)7;/h3,5H,1-2,4,12H2;1H. The first-order valence-electron chi connectivity index (χ1n) is 4.35. The van der Waals surface area contributed by atoms with Crippen LogP contribution in [-0.4, -0.2) is 15.6 Å². The summed E-state index contributed by atoms with van der Waals surface area (Å²) in [4.78, 5) is 3.39. The topological polar surface area (TPSA) is 43.8 Å². The molecule has 0 saturated carbocycles. The van der Waals surface area contributed by atoms with Crippen LogP contribution in [0.4, 0.5) is 13.2 Å². The summed E-state index contributed by atoms with van der Waals surface area (Å²) in [6, 6.07) is -0.196. The molecule has 0 amide bonds. The summed E-state index contributed by atoms with van der Waals surface area (Å²) in [7, 11) is 0. The molecular weight excluding hydrogens is 231 g/mol. The molecule has 0 saturated heterocycles. The van der Waals surface area contributed by atoms with Gasteiger partial charge in [-0.25, -0.2) is 4.98 Å². The Balaban J connectivity index is 0.00000112. The van der Waals surface area contributed by atoms with E-state index in [0.717, 1.165) is 6.42 Å². The van der Waals surface area contributed by atoms with Crippen molar-refractivity contribution >= 4 is 12.4 Å². The van der Waals surface area contributed by atoms with Crippen molar-refractivity contribution in [2.45, 2.75) is 31.6 Å². The quantitative estimate of drug-likeness (QED) is 0.750. The zero-order valence-electron chi connectivity index (χ0n) is 7.79. The molecule has 0 fully saturated rings. The van der Waals surface area contributed by atoms with Crippen LogP contribution in [-0.2, 0) is 19.1 Å². The Labute approximate surface area is 90.9 Å². The van der Waals surface area contributed by atoms with E-state index >= 15 is 0 Å². The molecule has 1 aliphatic rings. The van der Waals surface area contributed by atoms with E-state index in [1.807, 2.05) is 0 Å². The summed E-state index contributed by atoms with van der Waals surface area (Å²) >= 11 is 0. The van der Waals surface area contributed by atoms with Crippen molar-refractivity contribution in [1.29, 1.82) is 0 Å². The van der Waals surface area contributed by atoms with Crippen LogP contribution in [0.5, 0.6) is 0 Å². The maximum atomic E-state index is 12.4. The van der Waals surface area contributed by atoms with Gasteiger partial charge in [-0.05, 0) is 12.8 Å². The van der Waals surface area contributed by atoms with Gasteiger partial charge in [-0.2, -0.15) is 13.2 Å². The van der Waals surface area contributed by atoms with Crippen LogP contribution >= 0.6 is 12.4 Å². The highest BCUT2D eigenvalue weighted by atomic mass is 35.5. The second-order valence-corrected chi connectivity index (χ2v) is 3.48. The van der Waals surface area contributed by atoms with Gasteiger partial charge in [0.15, 0.2) is 0 Å². The molecule has 2 rings (SSSR count). The minimum Gasteiger partial charge on any atom is -0.326 e. The van der Waals surface area contributed by atoms with Crippen molar-refractivity contribution < 1.29 is 13.2 Å². The molecule has 1 atom stereocenters. The summed E-state index contributed by atoms with van der Waals surface area (Å²) < 4.78 is 38.4. The fourth-order valence-corrected chi connectivity index (χ4v) is 1.70. The molecule has 0 aliphatic carbocycles. The first kappa shape index (κ1) is 12.3. The Bertz CT molecular complexity index is 347. The van der Waals surface area contributed by atoms with Gasteiger partial charge < -0.3 is 10.3 Å². The van der Waals surface area contributed by atoms with Gasteiger partial charge in [-0.3, -0.25) is 0 Å². The van der Waals surface area contributed by atoms with Crippen LogP contribution in [0.15, 0.2) is 6.20 Å². The van der Waals surface area contributed by atoms with Crippen molar-refractivity contribution in [3.63, 3.8) is 0 Å². The van der Waals surface area contributed by atoms with E-state index in [4.69, 9.17) is 5.73 Å². The van der Waals surface area contributed by atoms with Crippen LogP contribution in [0.1, 0.15) is 17.9 Å². The Morgan fingerprint density at radius 2 is 2.13 bits per heavy atom. The lowest BCUT2D eigenvalue weighted by Gasteiger charge is -2.22. The molecule has 2 N–H and O–H groups in total. The van der Waals surface area contributed by atoms with E-state index in [9.17, 15) is 13.2 Å². The maximum Gasteiger partial charge on any atom is 0.449 e. The third-order valence-corrected chi connectivity index (χ3v) is 2.38. The van der Waals surface area contributed by atoms with Crippen molar-refractivity contribution in [2.75, 3.05) is 0 Å². The average Bonchev–Trinajstić information content (AvgIpc) is 2.45. The van der Waals surface area contributed by atoms with Crippen molar-refractivity contribution in [3.8, 4) is 0 Å². The number of aryl methyl sites for hydroxylation is 1. The molecule has 1 aromatic rings. The van der Waals surface area contributed by atoms with Crippen LogP contribution in [0.3, 0.4) is 0 Å². The maximum absolute atomic E-state index is 12.4. The lowest BCUT2D eigenvalue weighted by atomic mass is 10.1. The van der Waals surface area contributed by atoms with Crippen molar-refractivity contribution in [3.05, 3.63) is 17.7 Å². The SMILES string of the molecule is Cl.NC1CCc2cnc(C(F)(F)F)n2C1. The molecule has 7 heteroatoms. The monoisotopic (exact) mass is 241 g/mol. The number of nitrogens with zero attached hydrogens (tertiary/aromatic N) is 2. The number of nitrogens with two attached hydrogens (primary N) is 1. The highest BCUT2D eigenvalue weighted by molar-refractivity contribution is 5.85. The van der Waals surface area contributed by atoms with E-state index < -0.39 is 12.0 Å². The summed E-state index contributed by atoms with van der Waals surface area (Å²) in [5, 5.41) is 0. The molecular formula is C8H11ClF3N3. The molecule has 0 radical (unpaired) electrons. The van der Waals surface area contributed by atoms with Gasteiger partial charge in [0.05, 0.1) is 0 Å². The first-order valence-corrected chi connectivity index (χ1v) is 4.35. The molecule has 86 valence electrons. The molecule has 1 aliphatic heterocycles. The third kappa shape index (κ3) is 2.26. The smallest absolute Gasteiger partial charge is 0.326 e. The van der Waals surface area contributed by atoms with Gasteiger partial charge in [0, 0.05) is 24.5 Å². The molecule has 0 aromatic carbocycles. The molecule has 0 spiro atoms. The van der Waals surface area contributed by atoms with Crippen LogP contribution < -0.4 is 5.73 Å². The number of halogens is 4. The largest absolute Gasteiger partial charge is 0.449 e. The number of hydrogen-bond donors (Lipinski definition) is 1. The Kier molecular flexibility index (Phi) is 3.30. The number of hydrogen-bond acceptors (Lipinski definition) is 2. The first-order chi connectivity index (χ1) is 6.48. The third-order valence-electron chi connectivity index (χ3n) is 2.38. The van der Waals surface area contributed by atoms with E-state index in [1.165, 1.54) is 10.8 Å². The van der Waals surface area contributed by atoms with Crippen LogP contribution in [0.2, 0.25) is 0 Å². The van der Waals surface area contributed by atoms with E-state index in [2.05, 4.69) is 4.98 Å². The number of imidazole rings is 1. The van der Waals surface area contributed by atoms with E-state index in [0.29, 0.717) is 12.1 Å². The van der Waals surface area contributed by atoms with Gasteiger partial charge in [-0.1, -0.05) is 0 Å². The normalized spacial score (nSPS) is 20.7. The number of alkyl halides is 3. The van der Waals surface area contributed by atoms with Gasteiger partial charge in [0.25, 0.3) is 0 Å². The summed E-state index contributed by atoms with van der Waals surface area (Å²) in [6.07, 6.45) is -1.79.